The minimum atomic E-state index is -4.54. The monoisotopic (exact) mass is 263 g/mol. The second-order valence-electron chi connectivity index (χ2n) is 3.74. The number of imidazole rings is 1. The number of fused-ring (bicyclic) bond motifs is 1. The highest BCUT2D eigenvalue weighted by Crippen LogP contribution is 2.41. The van der Waals surface area contributed by atoms with Gasteiger partial charge in [0, 0.05) is 7.05 Å². The number of nitrogen functional groups attached to an aromatic ring is 1. The van der Waals surface area contributed by atoms with Crippen LogP contribution < -0.4 is 5.73 Å². The number of hydrogen-bond donors (Lipinski definition) is 1. The van der Waals surface area contributed by atoms with E-state index >= 15 is 0 Å². The van der Waals surface area contributed by atoms with Gasteiger partial charge in [0.25, 0.3) is 0 Å². The lowest BCUT2D eigenvalue weighted by atomic mass is 10.1. The van der Waals surface area contributed by atoms with Crippen LogP contribution in [0.25, 0.3) is 11.0 Å². The molecule has 2 aromatic rings. The smallest absolute Gasteiger partial charge is 0.396 e. The number of benzene rings is 1. The summed E-state index contributed by atoms with van der Waals surface area (Å²) in [5.41, 5.74) is 5.19. The predicted molar refractivity (Wildman–Crippen MR) is 59.9 cm³/mol. The van der Waals surface area contributed by atoms with Crippen LogP contribution in [0.3, 0.4) is 0 Å². The summed E-state index contributed by atoms with van der Waals surface area (Å²) in [5.74, 6) is 0.571. The Morgan fingerprint density at radius 2 is 2.00 bits per heavy atom. The number of halogens is 4. The van der Waals surface area contributed by atoms with E-state index in [4.69, 9.17) is 17.3 Å². The third-order valence-corrected chi connectivity index (χ3v) is 3.07. The van der Waals surface area contributed by atoms with E-state index in [-0.39, 0.29) is 11.2 Å². The Morgan fingerprint density at radius 3 is 2.53 bits per heavy atom. The van der Waals surface area contributed by atoms with E-state index in [1.807, 2.05) is 0 Å². The summed E-state index contributed by atoms with van der Waals surface area (Å²) in [6.45, 7) is 1.68. The molecule has 0 aliphatic heterocycles. The highest BCUT2D eigenvalue weighted by atomic mass is 35.5. The number of aromatic nitrogens is 2. The van der Waals surface area contributed by atoms with Crippen molar-refractivity contribution < 1.29 is 13.2 Å². The van der Waals surface area contributed by atoms with Gasteiger partial charge in [-0.1, -0.05) is 11.6 Å². The van der Waals surface area contributed by atoms with Crippen molar-refractivity contribution in [2.24, 2.45) is 7.05 Å². The van der Waals surface area contributed by atoms with Crippen molar-refractivity contribution >= 4 is 28.3 Å². The van der Waals surface area contributed by atoms with E-state index in [9.17, 15) is 13.2 Å². The van der Waals surface area contributed by atoms with Gasteiger partial charge in [-0.25, -0.2) is 4.98 Å². The van der Waals surface area contributed by atoms with Gasteiger partial charge in [0.05, 0.1) is 27.3 Å². The van der Waals surface area contributed by atoms with Crippen LogP contribution in [0.4, 0.5) is 18.9 Å². The van der Waals surface area contributed by atoms with Crippen molar-refractivity contribution in [3.05, 3.63) is 22.5 Å². The summed E-state index contributed by atoms with van der Waals surface area (Å²) in [4.78, 5) is 4.01. The lowest BCUT2D eigenvalue weighted by Gasteiger charge is -2.11. The van der Waals surface area contributed by atoms with Gasteiger partial charge in [0.1, 0.15) is 5.82 Å². The van der Waals surface area contributed by atoms with Gasteiger partial charge >= 0.3 is 6.18 Å². The zero-order valence-electron chi connectivity index (χ0n) is 9.06. The van der Waals surface area contributed by atoms with E-state index in [1.165, 1.54) is 0 Å². The Bertz CT molecular complexity index is 601. The van der Waals surface area contributed by atoms with Crippen LogP contribution >= 0.6 is 11.6 Å². The van der Waals surface area contributed by atoms with Crippen LogP contribution in [0.5, 0.6) is 0 Å². The minimum Gasteiger partial charge on any atom is -0.396 e. The van der Waals surface area contributed by atoms with Gasteiger partial charge < -0.3 is 10.3 Å². The summed E-state index contributed by atoms with van der Waals surface area (Å²) in [7, 11) is 1.67. The maximum Gasteiger partial charge on any atom is 0.418 e. The second kappa shape index (κ2) is 3.53. The topological polar surface area (TPSA) is 43.8 Å². The summed E-state index contributed by atoms with van der Waals surface area (Å²) in [6.07, 6.45) is -4.54. The molecule has 0 bridgehead atoms. The SMILES string of the molecule is Cc1nc2cc(C(F)(F)F)c(Cl)c(N)c2n1C. The Hall–Kier alpha value is -1.43. The standard InChI is InChI=1S/C10H9ClF3N3/c1-4-16-6-3-5(10(12,13)14)7(11)8(15)9(6)17(4)2/h3H,15H2,1-2H3. The van der Waals surface area contributed by atoms with E-state index < -0.39 is 16.8 Å². The second-order valence-corrected chi connectivity index (χ2v) is 4.11. The molecule has 0 aliphatic rings. The summed E-state index contributed by atoms with van der Waals surface area (Å²) in [6, 6.07) is 0.918. The van der Waals surface area contributed by atoms with Crippen molar-refractivity contribution in [3.8, 4) is 0 Å². The Labute approximate surface area is 100.0 Å². The lowest BCUT2D eigenvalue weighted by molar-refractivity contribution is -0.137. The number of rotatable bonds is 0. The van der Waals surface area contributed by atoms with Crippen molar-refractivity contribution in [3.63, 3.8) is 0 Å². The van der Waals surface area contributed by atoms with E-state index in [2.05, 4.69) is 4.98 Å². The largest absolute Gasteiger partial charge is 0.418 e. The van der Waals surface area contributed by atoms with Crippen LogP contribution in [0, 0.1) is 6.92 Å². The van der Waals surface area contributed by atoms with Gasteiger partial charge in [0.15, 0.2) is 0 Å². The van der Waals surface area contributed by atoms with E-state index in [0.29, 0.717) is 11.3 Å². The molecule has 3 nitrogen and oxygen atoms in total. The number of nitrogens with zero attached hydrogens (tertiary/aromatic N) is 2. The molecule has 7 heteroatoms. The number of alkyl halides is 3. The highest BCUT2D eigenvalue weighted by Gasteiger charge is 2.35. The van der Waals surface area contributed by atoms with Crippen LogP contribution in [-0.4, -0.2) is 9.55 Å². The third kappa shape index (κ3) is 1.72. The summed E-state index contributed by atoms with van der Waals surface area (Å²) >= 11 is 5.65. The number of nitrogens with two attached hydrogens (primary N) is 1. The summed E-state index contributed by atoms with van der Waals surface area (Å²) < 4.78 is 39.7. The molecule has 0 spiro atoms. The van der Waals surface area contributed by atoms with Gasteiger partial charge in [-0.2, -0.15) is 13.2 Å². The van der Waals surface area contributed by atoms with E-state index in [0.717, 1.165) is 6.07 Å². The van der Waals surface area contributed by atoms with Gasteiger partial charge in [0.2, 0.25) is 0 Å². The first-order valence-corrected chi connectivity index (χ1v) is 5.09. The molecule has 92 valence electrons. The van der Waals surface area contributed by atoms with Crippen molar-refractivity contribution in [2.75, 3.05) is 5.73 Å². The molecule has 1 aromatic heterocycles. The maximum absolute atomic E-state index is 12.7. The van der Waals surface area contributed by atoms with Crippen molar-refractivity contribution in [1.29, 1.82) is 0 Å². The Morgan fingerprint density at radius 1 is 1.41 bits per heavy atom. The molecule has 0 amide bonds. The molecule has 1 heterocycles. The quantitative estimate of drug-likeness (QED) is 0.742. The van der Waals surface area contributed by atoms with Crippen LogP contribution in [0.15, 0.2) is 6.07 Å². The molecule has 0 saturated carbocycles. The van der Waals surface area contributed by atoms with E-state index in [1.54, 1.807) is 18.5 Å². The minimum absolute atomic E-state index is 0.0976. The molecular formula is C10H9ClF3N3. The maximum atomic E-state index is 12.7. The zero-order chi connectivity index (χ0) is 13.0. The number of aryl methyl sites for hydroxylation is 2. The Kier molecular flexibility index (Phi) is 2.50. The molecule has 2 N–H and O–H groups in total. The Balaban J connectivity index is 2.90. The van der Waals surface area contributed by atoms with Gasteiger partial charge in [-0.15, -0.1) is 0 Å². The van der Waals surface area contributed by atoms with Crippen molar-refractivity contribution in [2.45, 2.75) is 13.1 Å². The third-order valence-electron chi connectivity index (χ3n) is 2.66. The normalized spacial score (nSPS) is 12.4. The average molecular weight is 264 g/mol. The molecule has 1 aromatic carbocycles. The van der Waals surface area contributed by atoms with Crippen molar-refractivity contribution in [1.82, 2.24) is 9.55 Å². The number of anilines is 1. The zero-order valence-corrected chi connectivity index (χ0v) is 9.82. The molecule has 0 unspecified atom stereocenters. The fourth-order valence-electron chi connectivity index (χ4n) is 1.71. The molecule has 0 radical (unpaired) electrons. The molecule has 17 heavy (non-hydrogen) atoms. The molecule has 0 saturated heterocycles. The fraction of sp³-hybridized carbons (Fsp3) is 0.300. The van der Waals surface area contributed by atoms with Crippen LogP contribution in [0.1, 0.15) is 11.4 Å². The molecular weight excluding hydrogens is 255 g/mol. The van der Waals surface area contributed by atoms with Crippen LogP contribution in [0.2, 0.25) is 5.02 Å². The first kappa shape index (κ1) is 12.0. The fourth-order valence-corrected chi connectivity index (χ4v) is 1.96. The molecule has 2 rings (SSSR count). The first-order chi connectivity index (χ1) is 7.73. The average Bonchev–Trinajstić information content (AvgIpc) is 2.47. The van der Waals surface area contributed by atoms with Gasteiger partial charge in [-0.3, -0.25) is 0 Å². The molecule has 0 atom stereocenters. The summed E-state index contributed by atoms with van der Waals surface area (Å²) in [5, 5.41) is -0.479. The predicted octanol–water partition coefficient (Wildman–Crippen LogP) is 3.14. The molecule has 0 aliphatic carbocycles. The van der Waals surface area contributed by atoms with Crippen LogP contribution in [-0.2, 0) is 13.2 Å². The highest BCUT2D eigenvalue weighted by molar-refractivity contribution is 6.35. The number of hydrogen-bond acceptors (Lipinski definition) is 2. The first-order valence-electron chi connectivity index (χ1n) is 4.71. The van der Waals surface area contributed by atoms with Gasteiger partial charge in [-0.05, 0) is 13.0 Å². The lowest BCUT2D eigenvalue weighted by Crippen LogP contribution is -2.08. The molecule has 0 fully saturated rings.